The lowest BCUT2D eigenvalue weighted by Gasteiger charge is -2.05. The number of carbonyl (C=O) groups excluding carboxylic acids is 1. The van der Waals surface area contributed by atoms with Crippen molar-refractivity contribution in [3.05, 3.63) is 59.9 Å². The molecule has 0 bridgehead atoms. The van der Waals surface area contributed by atoms with Gasteiger partial charge in [0, 0.05) is 29.0 Å². The average molecular weight is 266 g/mol. The first kappa shape index (κ1) is 12.1. The molecule has 20 heavy (non-hydrogen) atoms. The van der Waals surface area contributed by atoms with E-state index in [0.29, 0.717) is 16.9 Å². The molecule has 0 aliphatic carbocycles. The largest absolute Gasteiger partial charge is 0.478 e. The van der Waals surface area contributed by atoms with E-state index < -0.39 is 5.97 Å². The van der Waals surface area contributed by atoms with E-state index in [-0.39, 0.29) is 5.56 Å². The van der Waals surface area contributed by atoms with Crippen LogP contribution >= 0.6 is 0 Å². The van der Waals surface area contributed by atoms with Crippen LogP contribution in [0.5, 0.6) is 0 Å². The van der Waals surface area contributed by atoms with Crippen molar-refractivity contribution in [3.8, 4) is 5.69 Å². The lowest BCUT2D eigenvalue weighted by molar-refractivity contribution is 0.0696. The molecule has 0 radical (unpaired) electrons. The zero-order chi connectivity index (χ0) is 14.1. The second kappa shape index (κ2) is 4.62. The fraction of sp³-hybridized carbons (Fsp3) is 0. The molecule has 0 atom stereocenters. The molecule has 0 saturated heterocycles. The van der Waals surface area contributed by atoms with E-state index in [0.717, 1.165) is 11.7 Å². The number of fused-ring (bicyclic) bond motifs is 1. The van der Waals surface area contributed by atoms with Crippen LogP contribution in [0.25, 0.3) is 16.7 Å². The molecular formula is C15H10N2O3. The third-order valence-electron chi connectivity index (χ3n) is 3.05. The summed E-state index contributed by atoms with van der Waals surface area (Å²) in [5, 5.41) is 9.85. The molecule has 0 unspecified atom stereocenters. The van der Waals surface area contributed by atoms with Crippen molar-refractivity contribution in [3.63, 3.8) is 0 Å². The monoisotopic (exact) mass is 266 g/mol. The molecule has 0 aliphatic heterocycles. The van der Waals surface area contributed by atoms with Gasteiger partial charge in [-0.2, -0.15) is 0 Å². The van der Waals surface area contributed by atoms with Crippen molar-refractivity contribution in [1.82, 2.24) is 9.55 Å². The van der Waals surface area contributed by atoms with Crippen molar-refractivity contribution in [2.75, 3.05) is 0 Å². The Bertz CT molecular complexity index is 821. The van der Waals surface area contributed by atoms with Gasteiger partial charge in [0.25, 0.3) is 0 Å². The van der Waals surface area contributed by atoms with Gasteiger partial charge in [-0.1, -0.05) is 6.07 Å². The van der Waals surface area contributed by atoms with E-state index in [1.807, 2.05) is 6.07 Å². The normalized spacial score (nSPS) is 10.6. The number of aromatic carboxylic acids is 1. The number of aromatic nitrogens is 2. The predicted octanol–water partition coefficient (Wildman–Crippen LogP) is 2.54. The number of carbonyl (C=O) groups is 2. The number of carboxylic acids is 1. The maximum atomic E-state index is 11.0. The zero-order valence-electron chi connectivity index (χ0n) is 10.4. The van der Waals surface area contributed by atoms with E-state index in [4.69, 9.17) is 5.11 Å². The molecular weight excluding hydrogens is 256 g/mol. The Labute approximate surface area is 114 Å². The van der Waals surface area contributed by atoms with Crippen LogP contribution < -0.4 is 0 Å². The summed E-state index contributed by atoms with van der Waals surface area (Å²) in [6.07, 6.45) is 4.04. The van der Waals surface area contributed by atoms with Gasteiger partial charge in [-0.15, -0.1) is 0 Å². The Balaban J connectivity index is 2.17. The quantitative estimate of drug-likeness (QED) is 0.739. The Morgan fingerprint density at radius 3 is 2.85 bits per heavy atom. The molecule has 3 aromatic rings. The standard InChI is InChI=1S/C15H10N2O3/c18-9-10-6-11-4-5-17(14(11)16-8-10)13-3-1-2-12(7-13)15(19)20/h1-9H,(H,19,20). The minimum absolute atomic E-state index is 0.217. The van der Waals surface area contributed by atoms with Gasteiger partial charge in [0.1, 0.15) is 5.65 Å². The highest BCUT2D eigenvalue weighted by Crippen LogP contribution is 2.20. The highest BCUT2D eigenvalue weighted by Gasteiger charge is 2.08. The molecule has 2 heterocycles. The summed E-state index contributed by atoms with van der Waals surface area (Å²) in [5.74, 6) is -0.973. The molecule has 98 valence electrons. The van der Waals surface area contributed by atoms with Crippen molar-refractivity contribution in [1.29, 1.82) is 0 Å². The van der Waals surface area contributed by atoms with Crippen molar-refractivity contribution < 1.29 is 14.7 Å². The molecule has 2 aromatic heterocycles. The van der Waals surface area contributed by atoms with Gasteiger partial charge < -0.3 is 9.67 Å². The fourth-order valence-electron chi connectivity index (χ4n) is 2.10. The fourth-order valence-corrected chi connectivity index (χ4v) is 2.10. The molecule has 3 rings (SSSR count). The molecule has 1 aromatic carbocycles. The van der Waals surface area contributed by atoms with Crippen molar-refractivity contribution in [2.24, 2.45) is 0 Å². The van der Waals surface area contributed by atoms with Crippen molar-refractivity contribution >= 4 is 23.3 Å². The van der Waals surface area contributed by atoms with Crippen LogP contribution in [0, 0.1) is 0 Å². The molecule has 0 saturated carbocycles. The lowest BCUT2D eigenvalue weighted by Crippen LogP contribution is -1.99. The molecule has 5 heteroatoms. The first-order chi connectivity index (χ1) is 9.69. The first-order valence-corrected chi connectivity index (χ1v) is 5.95. The number of carboxylic acid groups (broad SMARTS) is 1. The van der Waals surface area contributed by atoms with E-state index >= 15 is 0 Å². The number of rotatable bonds is 3. The number of pyridine rings is 1. The molecule has 0 spiro atoms. The van der Waals surface area contributed by atoms with Gasteiger partial charge in [0.2, 0.25) is 0 Å². The minimum atomic E-state index is -0.973. The van der Waals surface area contributed by atoms with Gasteiger partial charge >= 0.3 is 5.97 Å². The van der Waals surface area contributed by atoms with Crippen LogP contribution in [0.1, 0.15) is 20.7 Å². The average Bonchev–Trinajstić information content (AvgIpc) is 2.90. The smallest absolute Gasteiger partial charge is 0.335 e. The number of hydrogen-bond donors (Lipinski definition) is 1. The van der Waals surface area contributed by atoms with Gasteiger partial charge in [0.15, 0.2) is 6.29 Å². The zero-order valence-corrected chi connectivity index (χ0v) is 10.4. The van der Waals surface area contributed by atoms with Gasteiger partial charge in [-0.3, -0.25) is 4.79 Å². The number of nitrogens with zero attached hydrogens (tertiary/aromatic N) is 2. The Kier molecular flexibility index (Phi) is 2.80. The van der Waals surface area contributed by atoms with E-state index in [2.05, 4.69) is 4.98 Å². The molecule has 5 nitrogen and oxygen atoms in total. The highest BCUT2D eigenvalue weighted by molar-refractivity contribution is 5.89. The summed E-state index contributed by atoms with van der Waals surface area (Å²) >= 11 is 0. The minimum Gasteiger partial charge on any atom is -0.478 e. The SMILES string of the molecule is O=Cc1cnc2c(ccn2-c2cccc(C(=O)O)c2)c1. The second-order valence-electron chi connectivity index (χ2n) is 4.34. The maximum Gasteiger partial charge on any atom is 0.335 e. The topological polar surface area (TPSA) is 72.2 Å². The lowest BCUT2D eigenvalue weighted by atomic mass is 10.2. The van der Waals surface area contributed by atoms with Crippen LogP contribution in [0.3, 0.4) is 0 Å². The van der Waals surface area contributed by atoms with Crippen LogP contribution in [-0.4, -0.2) is 26.9 Å². The number of benzene rings is 1. The van der Waals surface area contributed by atoms with Gasteiger partial charge in [-0.25, -0.2) is 9.78 Å². The van der Waals surface area contributed by atoms with Gasteiger partial charge in [-0.05, 0) is 30.3 Å². The van der Waals surface area contributed by atoms with Crippen LogP contribution in [0.15, 0.2) is 48.8 Å². The van der Waals surface area contributed by atoms with Crippen LogP contribution in [0.2, 0.25) is 0 Å². The number of hydrogen-bond acceptors (Lipinski definition) is 3. The Hall–Kier alpha value is -2.95. The summed E-state index contributed by atoms with van der Waals surface area (Å²) in [5.41, 5.74) is 2.12. The molecule has 0 amide bonds. The van der Waals surface area contributed by atoms with Crippen molar-refractivity contribution in [2.45, 2.75) is 0 Å². The number of aldehydes is 1. The molecule has 0 fully saturated rings. The third-order valence-corrected chi connectivity index (χ3v) is 3.05. The Morgan fingerprint density at radius 1 is 1.25 bits per heavy atom. The third kappa shape index (κ3) is 1.95. The summed E-state index contributed by atoms with van der Waals surface area (Å²) in [6.45, 7) is 0. The van der Waals surface area contributed by atoms with Crippen LogP contribution in [-0.2, 0) is 0 Å². The van der Waals surface area contributed by atoms with E-state index in [1.165, 1.54) is 12.3 Å². The van der Waals surface area contributed by atoms with Crippen LogP contribution in [0.4, 0.5) is 0 Å². The second-order valence-corrected chi connectivity index (χ2v) is 4.34. The summed E-state index contributed by atoms with van der Waals surface area (Å²) in [6, 6.07) is 10.2. The maximum absolute atomic E-state index is 11.0. The first-order valence-electron chi connectivity index (χ1n) is 5.95. The summed E-state index contributed by atoms with van der Waals surface area (Å²) < 4.78 is 1.79. The van der Waals surface area contributed by atoms with E-state index in [9.17, 15) is 9.59 Å². The molecule has 0 aliphatic rings. The molecule has 1 N–H and O–H groups in total. The van der Waals surface area contributed by atoms with E-state index in [1.54, 1.807) is 35.0 Å². The van der Waals surface area contributed by atoms with Gasteiger partial charge in [0.05, 0.1) is 5.56 Å². The predicted molar refractivity (Wildman–Crippen MR) is 73.4 cm³/mol. The Morgan fingerprint density at radius 2 is 2.10 bits per heavy atom. The highest BCUT2D eigenvalue weighted by atomic mass is 16.4. The summed E-state index contributed by atoms with van der Waals surface area (Å²) in [7, 11) is 0. The summed E-state index contributed by atoms with van der Waals surface area (Å²) in [4.78, 5) is 26.0.